The summed E-state index contributed by atoms with van der Waals surface area (Å²) in [5.74, 6) is -0.846. The lowest BCUT2D eigenvalue weighted by Crippen LogP contribution is -2.30. The largest absolute Gasteiger partial charge is 0.462 e. The Morgan fingerprint density at radius 3 is 0.713 bits per heavy atom. The van der Waals surface area contributed by atoms with E-state index in [1.54, 1.807) is 0 Å². The summed E-state index contributed by atoms with van der Waals surface area (Å²) in [5.41, 5.74) is 0. The molecule has 0 spiro atoms. The maximum Gasteiger partial charge on any atom is 0.306 e. The number of allylic oxidation sites excluding steroid dienone is 8. The molecule has 0 heterocycles. The smallest absolute Gasteiger partial charge is 0.306 e. The van der Waals surface area contributed by atoms with Crippen molar-refractivity contribution >= 4 is 17.9 Å². The molecule has 0 aromatic heterocycles. The first-order chi connectivity index (χ1) is 39.5. The van der Waals surface area contributed by atoms with E-state index in [0.717, 1.165) is 70.6 Å². The van der Waals surface area contributed by atoms with Gasteiger partial charge in [0, 0.05) is 19.3 Å². The first-order valence-electron chi connectivity index (χ1n) is 35.6. The van der Waals surface area contributed by atoms with E-state index in [4.69, 9.17) is 14.2 Å². The summed E-state index contributed by atoms with van der Waals surface area (Å²) in [6, 6.07) is 0. The monoisotopic (exact) mass is 1120 g/mol. The highest BCUT2D eigenvalue weighted by Gasteiger charge is 2.19. The molecule has 0 rings (SSSR count). The van der Waals surface area contributed by atoms with Gasteiger partial charge >= 0.3 is 17.9 Å². The second-order valence-electron chi connectivity index (χ2n) is 24.1. The molecule has 0 radical (unpaired) electrons. The second kappa shape index (κ2) is 68.9. The number of ether oxygens (including phenoxy) is 3. The highest BCUT2D eigenvalue weighted by molar-refractivity contribution is 5.71. The van der Waals surface area contributed by atoms with Crippen molar-refractivity contribution in [1.82, 2.24) is 0 Å². The average molecular weight is 1120 g/mol. The van der Waals surface area contributed by atoms with E-state index < -0.39 is 6.10 Å². The van der Waals surface area contributed by atoms with Crippen LogP contribution in [-0.4, -0.2) is 37.2 Å². The van der Waals surface area contributed by atoms with Crippen LogP contribution in [0, 0.1) is 0 Å². The van der Waals surface area contributed by atoms with Crippen molar-refractivity contribution in [2.45, 2.75) is 393 Å². The third-order valence-corrected chi connectivity index (χ3v) is 16.1. The van der Waals surface area contributed by atoms with Gasteiger partial charge in [-0.05, 0) is 83.5 Å². The lowest BCUT2D eigenvalue weighted by molar-refractivity contribution is -0.167. The SMILES string of the molecule is CCCCCCC/C=C\C/C=C\C/C=C\CCCCCCCCCCCCCCC(=O)OCC(COC(=O)CCCCCCCCCCCCCCCCCC)OC(=O)CCCCCCCCCCC/C=C\CCCCCCCC. The zero-order valence-corrected chi connectivity index (χ0v) is 53.9. The number of hydrogen-bond donors (Lipinski definition) is 0. The summed E-state index contributed by atoms with van der Waals surface area (Å²) in [5, 5.41) is 0. The number of hydrogen-bond acceptors (Lipinski definition) is 6. The van der Waals surface area contributed by atoms with E-state index in [1.165, 1.54) is 276 Å². The van der Waals surface area contributed by atoms with Crippen molar-refractivity contribution in [2.24, 2.45) is 0 Å². The normalized spacial score (nSPS) is 12.3. The molecule has 0 saturated carbocycles. The Bertz CT molecular complexity index is 1380. The van der Waals surface area contributed by atoms with Crippen LogP contribution in [0.1, 0.15) is 387 Å². The van der Waals surface area contributed by atoms with Crippen molar-refractivity contribution in [1.29, 1.82) is 0 Å². The highest BCUT2D eigenvalue weighted by atomic mass is 16.6. The molecule has 0 aromatic rings. The lowest BCUT2D eigenvalue weighted by atomic mass is 10.0. The quantitative estimate of drug-likeness (QED) is 0.0261. The molecular weight excluding hydrogens is 985 g/mol. The maximum atomic E-state index is 13.0. The molecular formula is C74H136O6. The number of unbranched alkanes of at least 4 members (excludes halogenated alkanes) is 47. The van der Waals surface area contributed by atoms with Crippen LogP contribution in [-0.2, 0) is 28.6 Å². The topological polar surface area (TPSA) is 78.9 Å². The Morgan fingerprint density at radius 2 is 0.450 bits per heavy atom. The summed E-state index contributed by atoms with van der Waals surface area (Å²) >= 11 is 0. The Hall–Kier alpha value is -2.63. The molecule has 0 bridgehead atoms. The molecule has 1 atom stereocenters. The van der Waals surface area contributed by atoms with Crippen molar-refractivity contribution in [3.8, 4) is 0 Å². The zero-order valence-electron chi connectivity index (χ0n) is 53.9. The van der Waals surface area contributed by atoms with Gasteiger partial charge in [-0.3, -0.25) is 14.4 Å². The lowest BCUT2D eigenvalue weighted by Gasteiger charge is -2.18. The van der Waals surface area contributed by atoms with Gasteiger partial charge in [0.05, 0.1) is 0 Å². The fraction of sp³-hybridized carbons (Fsp3) is 0.851. The molecule has 0 aromatic carbocycles. The summed E-state index contributed by atoms with van der Waals surface area (Å²) in [6.07, 6.45) is 87.0. The van der Waals surface area contributed by atoms with Crippen LogP contribution in [0.4, 0.5) is 0 Å². The Balaban J connectivity index is 4.28. The third-order valence-electron chi connectivity index (χ3n) is 16.1. The van der Waals surface area contributed by atoms with Gasteiger partial charge in [-0.1, -0.05) is 333 Å². The number of carbonyl (C=O) groups is 3. The molecule has 0 aliphatic carbocycles. The van der Waals surface area contributed by atoms with E-state index in [1.807, 2.05) is 0 Å². The first kappa shape index (κ1) is 77.4. The molecule has 1 unspecified atom stereocenters. The first-order valence-corrected chi connectivity index (χ1v) is 35.6. The van der Waals surface area contributed by atoms with Crippen LogP contribution >= 0.6 is 0 Å². The molecule has 6 heteroatoms. The zero-order chi connectivity index (χ0) is 57.8. The highest BCUT2D eigenvalue weighted by Crippen LogP contribution is 2.18. The van der Waals surface area contributed by atoms with Crippen molar-refractivity contribution in [2.75, 3.05) is 13.2 Å². The molecule has 0 N–H and O–H groups in total. The summed E-state index contributed by atoms with van der Waals surface area (Å²) in [6.45, 7) is 6.69. The summed E-state index contributed by atoms with van der Waals surface area (Å²) < 4.78 is 17.0. The summed E-state index contributed by atoms with van der Waals surface area (Å²) in [7, 11) is 0. The van der Waals surface area contributed by atoms with Gasteiger partial charge in [-0.2, -0.15) is 0 Å². The van der Waals surface area contributed by atoms with Gasteiger partial charge in [-0.15, -0.1) is 0 Å². The minimum absolute atomic E-state index is 0.0694. The molecule has 0 aliphatic rings. The average Bonchev–Trinajstić information content (AvgIpc) is 3.46. The van der Waals surface area contributed by atoms with Gasteiger partial charge in [-0.25, -0.2) is 0 Å². The van der Waals surface area contributed by atoms with Crippen molar-refractivity contribution in [3.05, 3.63) is 48.6 Å². The van der Waals surface area contributed by atoms with Gasteiger partial charge in [0.1, 0.15) is 13.2 Å². The number of rotatable bonds is 66. The van der Waals surface area contributed by atoms with Crippen molar-refractivity contribution in [3.63, 3.8) is 0 Å². The van der Waals surface area contributed by atoms with Gasteiger partial charge in [0.25, 0.3) is 0 Å². The predicted octanol–water partition coefficient (Wildman–Crippen LogP) is 24.5. The van der Waals surface area contributed by atoms with Crippen LogP contribution in [0.25, 0.3) is 0 Å². The minimum Gasteiger partial charge on any atom is -0.462 e. The van der Waals surface area contributed by atoms with E-state index in [9.17, 15) is 14.4 Å². The molecule has 0 fully saturated rings. The molecule has 6 nitrogen and oxygen atoms in total. The molecule has 0 aliphatic heterocycles. The van der Waals surface area contributed by atoms with E-state index >= 15 is 0 Å². The van der Waals surface area contributed by atoms with Crippen LogP contribution in [0.3, 0.4) is 0 Å². The minimum atomic E-state index is -0.774. The molecule has 468 valence electrons. The van der Waals surface area contributed by atoms with Crippen LogP contribution in [0.2, 0.25) is 0 Å². The van der Waals surface area contributed by atoms with Gasteiger partial charge in [0.2, 0.25) is 0 Å². The van der Waals surface area contributed by atoms with Crippen LogP contribution < -0.4 is 0 Å². The van der Waals surface area contributed by atoms with Gasteiger partial charge < -0.3 is 14.2 Å². The third kappa shape index (κ3) is 66.2. The number of carbonyl (C=O) groups excluding carboxylic acids is 3. The standard InChI is InChI=1S/C74H136O6/c1-4-7-10-13-16-19-22-25-28-31-33-34-35-36-37-38-39-40-42-43-46-49-52-55-58-61-64-67-73(76)79-70-71(69-78-72(75)66-63-60-57-54-51-48-45-30-27-24-21-18-15-12-9-6-3)80-74(77)68-65-62-59-56-53-50-47-44-41-32-29-26-23-20-17-14-11-8-5-2/h22,25-26,29,31,33,35-36,71H,4-21,23-24,27-28,30,32,34,37-70H2,1-3H3/b25-22-,29-26-,33-31-,36-35-. The van der Waals surface area contributed by atoms with Gasteiger partial charge in [0.15, 0.2) is 6.10 Å². The predicted molar refractivity (Wildman–Crippen MR) is 349 cm³/mol. The fourth-order valence-electron chi connectivity index (χ4n) is 10.7. The summed E-state index contributed by atoms with van der Waals surface area (Å²) in [4.78, 5) is 38.5. The molecule has 0 amide bonds. The van der Waals surface area contributed by atoms with E-state index in [2.05, 4.69) is 69.4 Å². The number of esters is 3. The second-order valence-corrected chi connectivity index (χ2v) is 24.1. The van der Waals surface area contributed by atoms with E-state index in [0.29, 0.717) is 19.3 Å². The Morgan fingerprint density at radius 1 is 0.250 bits per heavy atom. The van der Waals surface area contributed by atoms with Crippen LogP contribution in [0.5, 0.6) is 0 Å². The van der Waals surface area contributed by atoms with Crippen LogP contribution in [0.15, 0.2) is 48.6 Å². The molecule has 0 saturated heterocycles. The Kier molecular flexibility index (Phi) is 66.6. The maximum absolute atomic E-state index is 13.0. The van der Waals surface area contributed by atoms with Crippen molar-refractivity contribution < 1.29 is 28.6 Å². The fourth-order valence-corrected chi connectivity index (χ4v) is 10.7. The Labute approximate surface area is 498 Å². The van der Waals surface area contributed by atoms with E-state index in [-0.39, 0.29) is 31.1 Å². The molecule has 80 heavy (non-hydrogen) atoms.